The van der Waals surface area contributed by atoms with Gasteiger partial charge in [0.2, 0.25) is 5.91 Å². The SMILES string of the molecule is CCOC(=O)c1sc2ncn(CC(=O)N(CC)c3cccc(C)c3)c(=O)c2c1C. The normalized spacial score (nSPS) is 10.9. The zero-order chi connectivity index (χ0) is 21.1. The van der Waals surface area contributed by atoms with Crippen molar-refractivity contribution < 1.29 is 14.3 Å². The Morgan fingerprint density at radius 3 is 2.66 bits per heavy atom. The summed E-state index contributed by atoms with van der Waals surface area (Å²) in [4.78, 5) is 44.8. The molecule has 7 nitrogen and oxygen atoms in total. The number of likely N-dealkylation sites (N-methyl/N-ethyl adjacent to an activating group) is 1. The highest BCUT2D eigenvalue weighted by Gasteiger charge is 2.22. The van der Waals surface area contributed by atoms with Crippen molar-refractivity contribution in [1.29, 1.82) is 0 Å². The Kier molecular flexibility index (Phi) is 6.12. The third kappa shape index (κ3) is 4.07. The van der Waals surface area contributed by atoms with Crippen molar-refractivity contribution in [2.75, 3.05) is 18.1 Å². The van der Waals surface area contributed by atoms with Crippen LogP contribution in [0.1, 0.15) is 34.6 Å². The van der Waals surface area contributed by atoms with Crippen molar-refractivity contribution in [2.24, 2.45) is 0 Å². The number of aryl methyl sites for hydroxylation is 2. The van der Waals surface area contributed by atoms with E-state index in [-0.39, 0.29) is 24.6 Å². The molecule has 0 aliphatic heterocycles. The van der Waals surface area contributed by atoms with E-state index in [9.17, 15) is 14.4 Å². The second kappa shape index (κ2) is 8.57. The van der Waals surface area contributed by atoms with Gasteiger partial charge in [-0.25, -0.2) is 9.78 Å². The largest absolute Gasteiger partial charge is 0.462 e. The van der Waals surface area contributed by atoms with E-state index in [2.05, 4.69) is 4.98 Å². The number of amides is 1. The number of nitrogens with zero attached hydrogens (tertiary/aromatic N) is 3. The summed E-state index contributed by atoms with van der Waals surface area (Å²) >= 11 is 1.13. The summed E-state index contributed by atoms with van der Waals surface area (Å²) in [7, 11) is 0. The third-order valence-corrected chi connectivity index (χ3v) is 5.79. The number of benzene rings is 1. The van der Waals surface area contributed by atoms with E-state index >= 15 is 0 Å². The van der Waals surface area contributed by atoms with Gasteiger partial charge in [-0.15, -0.1) is 11.3 Å². The van der Waals surface area contributed by atoms with E-state index in [1.807, 2.05) is 38.1 Å². The predicted octanol–water partition coefficient (Wildman–Crippen LogP) is 3.30. The lowest BCUT2D eigenvalue weighted by Gasteiger charge is -2.22. The number of fused-ring (bicyclic) bond motifs is 1. The molecule has 29 heavy (non-hydrogen) atoms. The lowest BCUT2D eigenvalue weighted by Crippen LogP contribution is -2.36. The number of carbonyl (C=O) groups excluding carboxylic acids is 2. The van der Waals surface area contributed by atoms with Crippen molar-refractivity contribution in [3.05, 3.63) is 57.0 Å². The van der Waals surface area contributed by atoms with Crippen LogP contribution in [-0.2, 0) is 16.1 Å². The van der Waals surface area contributed by atoms with Gasteiger partial charge in [-0.2, -0.15) is 0 Å². The Morgan fingerprint density at radius 2 is 2.00 bits per heavy atom. The van der Waals surface area contributed by atoms with Gasteiger partial charge in [0.15, 0.2) is 0 Å². The molecule has 0 aliphatic rings. The molecular weight excluding hydrogens is 390 g/mol. The first kappa shape index (κ1) is 20.7. The van der Waals surface area contributed by atoms with E-state index in [4.69, 9.17) is 4.74 Å². The van der Waals surface area contributed by atoms with E-state index in [1.54, 1.807) is 18.7 Å². The molecule has 152 valence electrons. The first-order valence-electron chi connectivity index (χ1n) is 9.40. The minimum Gasteiger partial charge on any atom is -0.462 e. The minimum atomic E-state index is -0.466. The first-order chi connectivity index (χ1) is 13.9. The number of esters is 1. The Bertz CT molecular complexity index is 1130. The summed E-state index contributed by atoms with van der Waals surface area (Å²) in [6.45, 7) is 7.88. The molecule has 0 fully saturated rings. The van der Waals surface area contributed by atoms with Crippen LogP contribution in [0.15, 0.2) is 35.4 Å². The van der Waals surface area contributed by atoms with Crippen LogP contribution in [0, 0.1) is 13.8 Å². The van der Waals surface area contributed by atoms with Crippen molar-refractivity contribution in [3.63, 3.8) is 0 Å². The van der Waals surface area contributed by atoms with Crippen molar-refractivity contribution in [1.82, 2.24) is 9.55 Å². The second-order valence-corrected chi connectivity index (χ2v) is 7.61. The Hall–Kier alpha value is -3.00. The van der Waals surface area contributed by atoms with Crippen LogP contribution in [0.2, 0.25) is 0 Å². The second-order valence-electron chi connectivity index (χ2n) is 6.61. The topological polar surface area (TPSA) is 81.5 Å². The van der Waals surface area contributed by atoms with Crippen LogP contribution in [0.3, 0.4) is 0 Å². The minimum absolute atomic E-state index is 0.131. The fourth-order valence-electron chi connectivity index (χ4n) is 3.19. The number of hydrogen-bond donors (Lipinski definition) is 0. The number of carbonyl (C=O) groups is 2. The number of hydrogen-bond acceptors (Lipinski definition) is 6. The van der Waals surface area contributed by atoms with Gasteiger partial charge in [0.05, 0.1) is 18.3 Å². The van der Waals surface area contributed by atoms with Crippen molar-refractivity contribution in [2.45, 2.75) is 34.2 Å². The van der Waals surface area contributed by atoms with Crippen LogP contribution in [0.4, 0.5) is 5.69 Å². The van der Waals surface area contributed by atoms with Gasteiger partial charge in [-0.3, -0.25) is 14.2 Å². The molecule has 0 N–H and O–H groups in total. The van der Waals surface area contributed by atoms with E-state index in [0.717, 1.165) is 22.6 Å². The number of anilines is 1. The van der Waals surface area contributed by atoms with Gasteiger partial charge in [-0.1, -0.05) is 12.1 Å². The molecule has 2 aromatic heterocycles. The molecule has 8 heteroatoms. The lowest BCUT2D eigenvalue weighted by molar-refractivity contribution is -0.119. The van der Waals surface area contributed by atoms with Gasteiger partial charge in [0, 0.05) is 12.2 Å². The lowest BCUT2D eigenvalue weighted by atomic mass is 10.2. The summed E-state index contributed by atoms with van der Waals surface area (Å²) in [6, 6.07) is 7.66. The molecule has 3 rings (SSSR count). The standard InChI is InChI=1S/C21H23N3O4S/c1-5-24(15-9-7-8-13(3)10-15)16(25)11-23-12-22-19-17(20(23)26)14(4)18(29-19)21(27)28-6-2/h7-10,12H,5-6,11H2,1-4H3. The number of ether oxygens (including phenoxy) is 1. The maximum Gasteiger partial charge on any atom is 0.348 e. The maximum absolute atomic E-state index is 13.0. The van der Waals surface area contributed by atoms with Crippen LogP contribution < -0.4 is 10.5 Å². The van der Waals surface area contributed by atoms with Crippen LogP contribution >= 0.6 is 11.3 Å². The Labute approximate surface area is 172 Å². The Balaban J connectivity index is 1.95. The van der Waals surface area contributed by atoms with Gasteiger partial charge in [0.1, 0.15) is 16.3 Å². The highest BCUT2D eigenvalue weighted by Crippen LogP contribution is 2.27. The van der Waals surface area contributed by atoms with Crippen LogP contribution in [0.5, 0.6) is 0 Å². The Morgan fingerprint density at radius 1 is 1.24 bits per heavy atom. The highest BCUT2D eigenvalue weighted by atomic mass is 32.1. The monoisotopic (exact) mass is 413 g/mol. The molecule has 0 saturated heterocycles. The third-order valence-electron chi connectivity index (χ3n) is 4.61. The molecule has 3 aromatic rings. The summed E-state index contributed by atoms with van der Waals surface area (Å²) in [5.74, 6) is -0.675. The van der Waals surface area contributed by atoms with Gasteiger partial charge in [0.25, 0.3) is 5.56 Å². The molecule has 0 atom stereocenters. The molecule has 0 radical (unpaired) electrons. The number of rotatable bonds is 6. The molecule has 0 aliphatic carbocycles. The highest BCUT2D eigenvalue weighted by molar-refractivity contribution is 7.20. The summed E-state index contributed by atoms with van der Waals surface area (Å²) in [5.41, 5.74) is 2.03. The molecule has 0 unspecified atom stereocenters. The summed E-state index contributed by atoms with van der Waals surface area (Å²) in [6.07, 6.45) is 1.36. The van der Waals surface area contributed by atoms with Gasteiger partial charge >= 0.3 is 5.97 Å². The van der Waals surface area contributed by atoms with Crippen LogP contribution in [0.25, 0.3) is 10.2 Å². The van der Waals surface area contributed by atoms with Crippen molar-refractivity contribution >= 4 is 39.1 Å². The van der Waals surface area contributed by atoms with Gasteiger partial charge < -0.3 is 9.64 Å². The van der Waals surface area contributed by atoms with Crippen LogP contribution in [-0.4, -0.2) is 34.6 Å². The fraction of sp³-hybridized carbons (Fsp3) is 0.333. The van der Waals surface area contributed by atoms with Crippen molar-refractivity contribution in [3.8, 4) is 0 Å². The molecule has 2 heterocycles. The molecule has 0 bridgehead atoms. The average molecular weight is 413 g/mol. The average Bonchev–Trinajstić information content (AvgIpc) is 3.02. The van der Waals surface area contributed by atoms with E-state index < -0.39 is 5.97 Å². The quantitative estimate of drug-likeness (QED) is 0.579. The number of thiophene rings is 1. The predicted molar refractivity (Wildman–Crippen MR) is 114 cm³/mol. The van der Waals surface area contributed by atoms with E-state index in [1.165, 1.54) is 10.9 Å². The summed E-state index contributed by atoms with van der Waals surface area (Å²) < 4.78 is 6.34. The fourth-order valence-corrected chi connectivity index (χ4v) is 4.23. The maximum atomic E-state index is 13.0. The first-order valence-corrected chi connectivity index (χ1v) is 10.2. The zero-order valence-electron chi connectivity index (χ0n) is 16.9. The molecule has 0 spiro atoms. The smallest absolute Gasteiger partial charge is 0.348 e. The molecule has 1 aromatic carbocycles. The molecule has 0 saturated carbocycles. The molecular formula is C21H23N3O4S. The summed E-state index contributed by atoms with van der Waals surface area (Å²) in [5, 5.41) is 0.354. The molecule has 1 amide bonds. The van der Waals surface area contributed by atoms with Gasteiger partial charge in [-0.05, 0) is 51.0 Å². The zero-order valence-corrected chi connectivity index (χ0v) is 17.7. The number of aromatic nitrogens is 2. The van der Waals surface area contributed by atoms with E-state index in [0.29, 0.717) is 27.2 Å².